The molecule has 0 aliphatic rings. The monoisotopic (exact) mass is 324 g/mol. The van der Waals surface area contributed by atoms with E-state index in [-0.39, 0.29) is 0 Å². The van der Waals surface area contributed by atoms with Crippen molar-refractivity contribution < 1.29 is 5.11 Å². The van der Waals surface area contributed by atoms with E-state index >= 15 is 0 Å². The summed E-state index contributed by atoms with van der Waals surface area (Å²) in [7, 11) is 0. The highest BCUT2D eigenvalue weighted by atomic mass is 79.9. The number of hydrogen-bond acceptors (Lipinski definition) is 2. The Balaban J connectivity index is 2.69. The Kier molecular flexibility index (Phi) is 4.66. The molecule has 1 aromatic heterocycles. The van der Waals surface area contributed by atoms with Crippen molar-refractivity contribution in [1.82, 2.24) is 0 Å². The van der Waals surface area contributed by atoms with Crippen molar-refractivity contribution in [2.24, 2.45) is 0 Å². The van der Waals surface area contributed by atoms with Crippen molar-refractivity contribution >= 4 is 43.2 Å². The van der Waals surface area contributed by atoms with Gasteiger partial charge in [-0.1, -0.05) is 6.08 Å². The first-order chi connectivity index (χ1) is 6.15. The average Bonchev–Trinajstić information content (AvgIpc) is 2.41. The minimum atomic E-state index is -0.394. The van der Waals surface area contributed by atoms with E-state index in [4.69, 9.17) is 0 Å². The number of hydrogen-bond donors (Lipinski definition) is 1. The summed E-state index contributed by atoms with van der Waals surface area (Å²) in [6, 6.07) is 1.95. The van der Waals surface area contributed by atoms with Gasteiger partial charge in [0.1, 0.15) is 0 Å². The third-order valence-electron chi connectivity index (χ3n) is 1.69. The topological polar surface area (TPSA) is 20.2 Å². The lowest BCUT2D eigenvalue weighted by molar-refractivity contribution is 0.168. The van der Waals surface area contributed by atoms with E-state index in [2.05, 4.69) is 38.4 Å². The van der Waals surface area contributed by atoms with E-state index in [1.54, 1.807) is 11.3 Å². The highest BCUT2D eigenvalue weighted by Crippen LogP contribution is 2.36. The molecule has 0 aromatic carbocycles. The lowest BCUT2D eigenvalue weighted by atomic mass is 10.1. The van der Waals surface area contributed by atoms with Gasteiger partial charge in [-0.2, -0.15) is 0 Å². The van der Waals surface area contributed by atoms with Crippen molar-refractivity contribution in [1.29, 1.82) is 0 Å². The average molecular weight is 326 g/mol. The summed E-state index contributed by atoms with van der Waals surface area (Å²) in [5, 5.41) is 9.75. The van der Waals surface area contributed by atoms with Crippen molar-refractivity contribution in [3.05, 3.63) is 31.9 Å². The van der Waals surface area contributed by atoms with Crippen LogP contribution in [0.1, 0.15) is 24.5 Å². The van der Waals surface area contributed by atoms with Gasteiger partial charge in [0, 0.05) is 5.56 Å². The van der Waals surface area contributed by atoms with Gasteiger partial charge in [0.15, 0.2) is 0 Å². The number of allylic oxidation sites excluding steroid dienone is 1. The second-order valence-electron chi connectivity index (χ2n) is 2.66. The summed E-state index contributed by atoms with van der Waals surface area (Å²) in [6.45, 7) is 3.62. The molecule has 0 radical (unpaired) electrons. The second kappa shape index (κ2) is 5.29. The van der Waals surface area contributed by atoms with Crippen LogP contribution < -0.4 is 0 Å². The summed E-state index contributed by atoms with van der Waals surface area (Å²) in [6.07, 6.45) is 2.99. The molecule has 4 heteroatoms. The van der Waals surface area contributed by atoms with Crippen LogP contribution in [0.25, 0.3) is 0 Å². The maximum atomic E-state index is 9.75. The van der Waals surface area contributed by atoms with E-state index < -0.39 is 6.10 Å². The minimum absolute atomic E-state index is 0.394. The van der Waals surface area contributed by atoms with E-state index in [0.717, 1.165) is 26.0 Å². The second-order valence-corrected chi connectivity index (χ2v) is 6.41. The number of aliphatic hydroxyl groups excluding tert-OH is 1. The summed E-state index contributed by atoms with van der Waals surface area (Å²) in [4.78, 5) is 0. The molecule has 0 aliphatic carbocycles. The zero-order valence-corrected chi connectivity index (χ0v) is 11.0. The van der Waals surface area contributed by atoms with E-state index in [1.807, 2.05) is 12.1 Å². The maximum Gasteiger partial charge on any atom is 0.0812 e. The zero-order valence-electron chi connectivity index (χ0n) is 6.96. The van der Waals surface area contributed by atoms with Gasteiger partial charge in [0.2, 0.25) is 0 Å². The van der Waals surface area contributed by atoms with Crippen LogP contribution in [0, 0.1) is 0 Å². The van der Waals surface area contributed by atoms with Crippen LogP contribution in [0.5, 0.6) is 0 Å². The zero-order chi connectivity index (χ0) is 9.84. The lowest BCUT2D eigenvalue weighted by Crippen LogP contribution is -1.94. The molecule has 0 saturated heterocycles. The standard InChI is InChI=1S/C9H10Br2OS/c1-2-3-4-7(12)6-5-8(10)13-9(6)11/h2,5,7,12H,1,3-4H2. The fraction of sp³-hybridized carbons (Fsp3) is 0.333. The fourth-order valence-electron chi connectivity index (χ4n) is 1.01. The molecular formula is C9H10Br2OS. The smallest absolute Gasteiger partial charge is 0.0812 e. The number of thiophene rings is 1. The van der Waals surface area contributed by atoms with Crippen molar-refractivity contribution in [3.63, 3.8) is 0 Å². The van der Waals surface area contributed by atoms with E-state index in [1.165, 1.54) is 0 Å². The Morgan fingerprint density at radius 2 is 2.31 bits per heavy atom. The highest BCUT2D eigenvalue weighted by molar-refractivity contribution is 9.12. The molecule has 0 fully saturated rings. The molecule has 72 valence electrons. The van der Waals surface area contributed by atoms with Crippen LogP contribution in [0.15, 0.2) is 26.3 Å². The minimum Gasteiger partial charge on any atom is -0.388 e. The quantitative estimate of drug-likeness (QED) is 0.819. The summed E-state index contributed by atoms with van der Waals surface area (Å²) < 4.78 is 2.03. The first-order valence-corrected chi connectivity index (χ1v) is 6.29. The fourth-order valence-corrected chi connectivity index (χ4v) is 3.97. The molecular weight excluding hydrogens is 316 g/mol. The Morgan fingerprint density at radius 1 is 1.62 bits per heavy atom. The molecule has 1 N–H and O–H groups in total. The Labute approximate surface area is 98.7 Å². The van der Waals surface area contributed by atoms with Gasteiger partial charge < -0.3 is 5.11 Å². The molecule has 0 spiro atoms. The molecule has 0 bridgehead atoms. The first-order valence-electron chi connectivity index (χ1n) is 3.89. The van der Waals surface area contributed by atoms with Crippen molar-refractivity contribution in [2.45, 2.75) is 18.9 Å². The van der Waals surface area contributed by atoms with E-state index in [9.17, 15) is 5.11 Å². The van der Waals surface area contributed by atoms with Gasteiger partial charge in [-0.15, -0.1) is 17.9 Å². The first kappa shape index (κ1) is 11.4. The third kappa shape index (κ3) is 3.20. The van der Waals surface area contributed by atoms with Gasteiger partial charge >= 0.3 is 0 Å². The SMILES string of the molecule is C=CCCC(O)c1cc(Br)sc1Br. The Morgan fingerprint density at radius 3 is 2.77 bits per heavy atom. The third-order valence-corrected chi connectivity index (χ3v) is 4.07. The Bertz CT molecular complexity index is 296. The molecule has 1 nitrogen and oxygen atoms in total. The van der Waals surface area contributed by atoms with Crippen LogP contribution in [-0.4, -0.2) is 5.11 Å². The van der Waals surface area contributed by atoms with Crippen LogP contribution in [0.4, 0.5) is 0 Å². The normalized spacial score (nSPS) is 12.8. The number of aliphatic hydroxyl groups is 1. The van der Waals surface area contributed by atoms with Gasteiger partial charge in [-0.05, 0) is 50.8 Å². The van der Waals surface area contributed by atoms with Gasteiger partial charge in [0.05, 0.1) is 13.7 Å². The van der Waals surface area contributed by atoms with Crippen molar-refractivity contribution in [2.75, 3.05) is 0 Å². The Hall–Kier alpha value is 0.360. The molecule has 13 heavy (non-hydrogen) atoms. The molecule has 0 amide bonds. The summed E-state index contributed by atoms with van der Waals surface area (Å²) >= 11 is 8.37. The maximum absolute atomic E-state index is 9.75. The van der Waals surface area contributed by atoms with Crippen LogP contribution in [-0.2, 0) is 0 Å². The predicted molar refractivity (Wildman–Crippen MR) is 64.1 cm³/mol. The summed E-state index contributed by atoms with van der Waals surface area (Å²) in [5.41, 5.74) is 0.957. The molecule has 1 atom stereocenters. The van der Waals surface area contributed by atoms with E-state index in [0.29, 0.717) is 0 Å². The van der Waals surface area contributed by atoms with Gasteiger partial charge in [-0.25, -0.2) is 0 Å². The van der Waals surface area contributed by atoms with Crippen LogP contribution in [0.3, 0.4) is 0 Å². The molecule has 0 aliphatic heterocycles. The molecule has 1 rings (SSSR count). The number of rotatable bonds is 4. The molecule has 1 unspecified atom stereocenters. The largest absolute Gasteiger partial charge is 0.388 e. The van der Waals surface area contributed by atoms with Gasteiger partial charge in [0.25, 0.3) is 0 Å². The summed E-state index contributed by atoms with van der Waals surface area (Å²) in [5.74, 6) is 0. The van der Waals surface area contributed by atoms with Crippen molar-refractivity contribution in [3.8, 4) is 0 Å². The lowest BCUT2D eigenvalue weighted by Gasteiger charge is -2.07. The van der Waals surface area contributed by atoms with Crippen LogP contribution in [0.2, 0.25) is 0 Å². The van der Waals surface area contributed by atoms with Crippen LogP contribution >= 0.6 is 43.2 Å². The molecule has 1 heterocycles. The highest BCUT2D eigenvalue weighted by Gasteiger charge is 2.13. The molecule has 1 aromatic rings. The van der Waals surface area contributed by atoms with Gasteiger partial charge in [-0.3, -0.25) is 0 Å². The molecule has 0 saturated carbocycles. The predicted octanol–water partition coefficient (Wildman–Crippen LogP) is 4.27. The number of halogens is 2.